The summed E-state index contributed by atoms with van der Waals surface area (Å²) in [6.45, 7) is 11.0. The highest BCUT2D eigenvalue weighted by molar-refractivity contribution is 5.43. The molecular formula is C20H26O2. The highest BCUT2D eigenvalue weighted by Gasteiger charge is 2.07. The van der Waals surface area contributed by atoms with Crippen molar-refractivity contribution >= 4 is 0 Å². The number of hydrogen-bond donors (Lipinski definition) is 1. The average molecular weight is 298 g/mol. The Labute approximate surface area is 133 Å². The summed E-state index contributed by atoms with van der Waals surface area (Å²) < 4.78 is 5.96. The second-order valence-electron chi connectivity index (χ2n) is 6.27. The van der Waals surface area contributed by atoms with Crippen LogP contribution in [0.2, 0.25) is 0 Å². The smallest absolute Gasteiger partial charge is 0.125 e. The van der Waals surface area contributed by atoms with E-state index in [1.165, 1.54) is 22.3 Å². The number of ether oxygens (including phenoxy) is 1. The number of benzene rings is 2. The van der Waals surface area contributed by atoms with Gasteiger partial charge in [0.1, 0.15) is 11.5 Å². The highest BCUT2D eigenvalue weighted by atomic mass is 16.5. The van der Waals surface area contributed by atoms with Crippen molar-refractivity contribution in [2.45, 2.75) is 47.5 Å². The predicted molar refractivity (Wildman–Crippen MR) is 92.0 cm³/mol. The number of phenolic OH excluding ortho intramolecular Hbond substituents is 1. The normalized spacial score (nSPS) is 10.8. The van der Waals surface area contributed by atoms with E-state index >= 15 is 0 Å². The SMILES string of the molecule is Cc1cc(C)c(OCCCc2cc(C)cc(C)c2O)c(C)c1. The first-order valence-corrected chi connectivity index (χ1v) is 7.88. The van der Waals surface area contributed by atoms with Crippen LogP contribution >= 0.6 is 0 Å². The van der Waals surface area contributed by atoms with Crippen molar-refractivity contribution in [3.63, 3.8) is 0 Å². The van der Waals surface area contributed by atoms with Gasteiger partial charge in [0.05, 0.1) is 6.61 Å². The van der Waals surface area contributed by atoms with Crippen LogP contribution in [0.1, 0.15) is 39.8 Å². The fraction of sp³-hybridized carbons (Fsp3) is 0.400. The molecule has 0 saturated carbocycles. The van der Waals surface area contributed by atoms with E-state index in [-0.39, 0.29) is 0 Å². The third kappa shape index (κ3) is 3.82. The Balaban J connectivity index is 1.96. The van der Waals surface area contributed by atoms with Crippen molar-refractivity contribution in [1.82, 2.24) is 0 Å². The van der Waals surface area contributed by atoms with Crippen LogP contribution < -0.4 is 4.74 Å². The molecule has 0 aliphatic heterocycles. The fourth-order valence-electron chi connectivity index (χ4n) is 3.07. The highest BCUT2D eigenvalue weighted by Crippen LogP contribution is 2.26. The molecule has 0 fully saturated rings. The largest absolute Gasteiger partial charge is 0.507 e. The van der Waals surface area contributed by atoms with E-state index in [9.17, 15) is 5.11 Å². The Morgan fingerprint density at radius 1 is 0.818 bits per heavy atom. The Hall–Kier alpha value is -1.96. The number of rotatable bonds is 5. The molecule has 0 heterocycles. The standard InChI is InChI=1S/C20H26O2/c1-13-10-16(4)20(17(5)11-13)22-8-6-7-18-12-14(2)9-15(3)19(18)21/h9-12,21H,6-8H2,1-5H3. The van der Waals surface area contributed by atoms with Crippen LogP contribution in [-0.2, 0) is 6.42 Å². The Kier molecular flexibility index (Phi) is 5.12. The fourth-order valence-corrected chi connectivity index (χ4v) is 3.07. The minimum absolute atomic E-state index is 0.424. The van der Waals surface area contributed by atoms with Crippen LogP contribution in [0.25, 0.3) is 0 Å². The predicted octanol–water partition coefficient (Wildman–Crippen LogP) is 4.95. The monoisotopic (exact) mass is 298 g/mol. The first-order chi connectivity index (χ1) is 10.4. The molecule has 0 amide bonds. The van der Waals surface area contributed by atoms with Crippen LogP contribution in [0.4, 0.5) is 0 Å². The molecule has 2 nitrogen and oxygen atoms in total. The van der Waals surface area contributed by atoms with Crippen molar-refractivity contribution in [2.75, 3.05) is 6.61 Å². The molecule has 0 aliphatic rings. The van der Waals surface area contributed by atoms with Crippen molar-refractivity contribution in [3.8, 4) is 11.5 Å². The molecule has 2 heteroatoms. The van der Waals surface area contributed by atoms with Crippen LogP contribution in [0.3, 0.4) is 0 Å². The van der Waals surface area contributed by atoms with Crippen molar-refractivity contribution < 1.29 is 9.84 Å². The Morgan fingerprint density at radius 2 is 1.36 bits per heavy atom. The topological polar surface area (TPSA) is 29.5 Å². The number of aryl methyl sites for hydroxylation is 6. The summed E-state index contributed by atoms with van der Waals surface area (Å²) in [5.41, 5.74) is 6.79. The maximum atomic E-state index is 10.1. The van der Waals surface area contributed by atoms with E-state index in [2.05, 4.69) is 45.9 Å². The van der Waals surface area contributed by atoms with Crippen molar-refractivity contribution in [3.05, 3.63) is 57.6 Å². The maximum Gasteiger partial charge on any atom is 0.125 e. The lowest BCUT2D eigenvalue weighted by molar-refractivity contribution is 0.306. The minimum atomic E-state index is 0.424. The molecule has 118 valence electrons. The van der Waals surface area contributed by atoms with E-state index in [4.69, 9.17) is 4.74 Å². The summed E-state index contributed by atoms with van der Waals surface area (Å²) in [7, 11) is 0. The second kappa shape index (κ2) is 6.87. The molecule has 0 bridgehead atoms. The van der Waals surface area contributed by atoms with Crippen molar-refractivity contribution in [2.24, 2.45) is 0 Å². The van der Waals surface area contributed by atoms with Crippen LogP contribution in [0, 0.1) is 34.6 Å². The molecule has 2 rings (SSSR count). The average Bonchev–Trinajstić information content (AvgIpc) is 2.41. The lowest BCUT2D eigenvalue weighted by Crippen LogP contribution is -2.03. The molecule has 2 aromatic rings. The third-order valence-electron chi connectivity index (χ3n) is 3.97. The minimum Gasteiger partial charge on any atom is -0.507 e. The van der Waals surface area contributed by atoms with Gasteiger partial charge >= 0.3 is 0 Å². The summed E-state index contributed by atoms with van der Waals surface area (Å²) >= 11 is 0. The van der Waals surface area contributed by atoms with E-state index in [0.29, 0.717) is 12.4 Å². The molecular weight excluding hydrogens is 272 g/mol. The van der Waals surface area contributed by atoms with Gasteiger partial charge in [-0.1, -0.05) is 35.4 Å². The summed E-state index contributed by atoms with van der Waals surface area (Å²) in [6, 6.07) is 8.37. The van der Waals surface area contributed by atoms with Gasteiger partial charge in [-0.15, -0.1) is 0 Å². The molecule has 0 aromatic heterocycles. The van der Waals surface area contributed by atoms with Gasteiger partial charge in [-0.3, -0.25) is 0 Å². The van der Waals surface area contributed by atoms with E-state index in [0.717, 1.165) is 29.7 Å². The van der Waals surface area contributed by atoms with Crippen LogP contribution in [-0.4, -0.2) is 11.7 Å². The molecule has 1 N–H and O–H groups in total. The van der Waals surface area contributed by atoms with Gasteiger partial charge in [-0.2, -0.15) is 0 Å². The number of aromatic hydroxyl groups is 1. The molecule has 0 atom stereocenters. The molecule has 0 spiro atoms. The van der Waals surface area contributed by atoms with E-state index < -0.39 is 0 Å². The lowest BCUT2D eigenvalue weighted by Gasteiger charge is -2.14. The van der Waals surface area contributed by atoms with E-state index in [1.807, 2.05) is 13.0 Å². The number of hydrogen-bond acceptors (Lipinski definition) is 2. The summed E-state index contributed by atoms with van der Waals surface area (Å²) in [5.74, 6) is 1.42. The Bertz CT molecular complexity index is 649. The Morgan fingerprint density at radius 3 is 2.00 bits per heavy atom. The summed E-state index contributed by atoms with van der Waals surface area (Å²) in [5, 5.41) is 10.1. The first-order valence-electron chi connectivity index (χ1n) is 7.88. The second-order valence-corrected chi connectivity index (χ2v) is 6.27. The van der Waals surface area contributed by atoms with Crippen molar-refractivity contribution in [1.29, 1.82) is 0 Å². The third-order valence-corrected chi connectivity index (χ3v) is 3.97. The summed E-state index contributed by atoms with van der Waals surface area (Å²) in [4.78, 5) is 0. The summed E-state index contributed by atoms with van der Waals surface area (Å²) in [6.07, 6.45) is 1.72. The van der Waals surface area contributed by atoms with Crippen LogP contribution in [0.5, 0.6) is 11.5 Å². The van der Waals surface area contributed by atoms with Gasteiger partial charge < -0.3 is 9.84 Å². The molecule has 0 aliphatic carbocycles. The lowest BCUT2D eigenvalue weighted by atomic mass is 10.0. The zero-order chi connectivity index (χ0) is 16.3. The van der Waals surface area contributed by atoms with Gasteiger partial charge in [-0.05, 0) is 69.7 Å². The zero-order valence-electron chi connectivity index (χ0n) is 14.3. The molecule has 0 radical (unpaired) electrons. The van der Waals surface area contributed by atoms with Gasteiger partial charge in [0, 0.05) is 0 Å². The van der Waals surface area contributed by atoms with Crippen LogP contribution in [0.15, 0.2) is 24.3 Å². The quantitative estimate of drug-likeness (QED) is 0.792. The van der Waals surface area contributed by atoms with Gasteiger partial charge in [0.2, 0.25) is 0 Å². The van der Waals surface area contributed by atoms with Gasteiger partial charge in [0.15, 0.2) is 0 Å². The first kappa shape index (κ1) is 16.4. The maximum absolute atomic E-state index is 10.1. The molecule has 2 aromatic carbocycles. The number of phenols is 1. The van der Waals surface area contributed by atoms with Gasteiger partial charge in [-0.25, -0.2) is 0 Å². The molecule has 0 saturated heterocycles. The zero-order valence-corrected chi connectivity index (χ0v) is 14.3. The van der Waals surface area contributed by atoms with E-state index in [1.54, 1.807) is 0 Å². The molecule has 0 unspecified atom stereocenters. The molecule has 22 heavy (non-hydrogen) atoms. The van der Waals surface area contributed by atoms with Gasteiger partial charge in [0.25, 0.3) is 0 Å².